The number of nitrogens with one attached hydrogen (secondary N) is 2. The van der Waals surface area contributed by atoms with Gasteiger partial charge in [0, 0.05) is 6.20 Å². The third-order valence-electron chi connectivity index (χ3n) is 1.48. The predicted octanol–water partition coefficient (Wildman–Crippen LogP) is 0.863. The van der Waals surface area contributed by atoms with E-state index in [1.165, 1.54) is 11.2 Å². The van der Waals surface area contributed by atoms with Crippen molar-refractivity contribution in [1.29, 1.82) is 0 Å². The summed E-state index contributed by atoms with van der Waals surface area (Å²) in [5.41, 5.74) is -0.567. The van der Waals surface area contributed by atoms with Crippen molar-refractivity contribution < 1.29 is 19.4 Å². The highest BCUT2D eigenvalue weighted by Crippen LogP contribution is 2.17. The summed E-state index contributed by atoms with van der Waals surface area (Å²) < 4.78 is 5.05. The molecule has 96 valence electrons. The van der Waals surface area contributed by atoms with E-state index < -0.39 is 17.7 Å². The lowest BCUT2D eigenvalue weighted by Gasteiger charge is -2.19. The van der Waals surface area contributed by atoms with Gasteiger partial charge in [-0.05, 0) is 32.7 Å². The number of nitrogens with zero attached hydrogens (tertiary/aromatic N) is 1. The predicted molar refractivity (Wildman–Crippen MR) is 62.5 cm³/mol. The highest BCUT2D eigenvalue weighted by Gasteiger charge is 2.20. The third kappa shape index (κ3) is 5.45. The van der Waals surface area contributed by atoms with Gasteiger partial charge in [0.05, 0.1) is 0 Å². The van der Waals surface area contributed by atoms with E-state index in [0.717, 1.165) is 11.9 Å². The van der Waals surface area contributed by atoms with E-state index in [1.54, 1.807) is 20.8 Å². The molecule has 1 heterocycles. The highest BCUT2D eigenvalue weighted by atomic mass is 32.2. The van der Waals surface area contributed by atoms with Crippen molar-refractivity contribution in [2.24, 2.45) is 0 Å². The molecule has 0 aromatic heterocycles. The number of alkyl carbamates (subject to hydrolysis) is 1. The molecule has 0 radical (unpaired) electrons. The molecule has 1 amide bonds. The van der Waals surface area contributed by atoms with Crippen LogP contribution in [-0.4, -0.2) is 34.3 Å². The SMILES string of the molecule is CC(C)(C)OC(=O)NC1=CN(CC(=O)O)NS1. The fourth-order valence-electron chi connectivity index (χ4n) is 0.988. The molecule has 0 aromatic rings. The van der Waals surface area contributed by atoms with Crippen molar-refractivity contribution in [2.75, 3.05) is 6.54 Å². The van der Waals surface area contributed by atoms with E-state index in [1.807, 2.05) is 0 Å². The Labute approximate surface area is 103 Å². The van der Waals surface area contributed by atoms with Gasteiger partial charge in [-0.3, -0.25) is 15.1 Å². The van der Waals surface area contributed by atoms with Crippen molar-refractivity contribution in [3.05, 3.63) is 11.2 Å². The van der Waals surface area contributed by atoms with Gasteiger partial charge in [0.1, 0.15) is 17.2 Å². The van der Waals surface area contributed by atoms with Crippen LogP contribution in [0.15, 0.2) is 11.2 Å². The van der Waals surface area contributed by atoms with E-state index >= 15 is 0 Å². The lowest BCUT2D eigenvalue weighted by atomic mass is 10.2. The molecule has 0 atom stereocenters. The van der Waals surface area contributed by atoms with Gasteiger partial charge in [0.2, 0.25) is 0 Å². The van der Waals surface area contributed by atoms with Gasteiger partial charge in [-0.2, -0.15) is 4.83 Å². The average molecular weight is 261 g/mol. The number of carboxylic acids is 1. The first-order valence-electron chi connectivity index (χ1n) is 4.89. The topological polar surface area (TPSA) is 90.9 Å². The fourth-order valence-corrected chi connectivity index (χ4v) is 1.63. The van der Waals surface area contributed by atoms with Crippen LogP contribution < -0.4 is 10.1 Å². The maximum absolute atomic E-state index is 11.4. The molecule has 0 saturated carbocycles. The van der Waals surface area contributed by atoms with Crippen LogP contribution in [0.2, 0.25) is 0 Å². The van der Waals surface area contributed by atoms with Crippen LogP contribution in [-0.2, 0) is 9.53 Å². The molecule has 8 heteroatoms. The Morgan fingerprint density at radius 3 is 2.76 bits per heavy atom. The monoisotopic (exact) mass is 261 g/mol. The highest BCUT2D eigenvalue weighted by molar-refractivity contribution is 8.01. The van der Waals surface area contributed by atoms with Crippen LogP contribution >= 0.6 is 11.9 Å². The second-order valence-electron chi connectivity index (χ2n) is 4.34. The average Bonchev–Trinajstić information content (AvgIpc) is 2.46. The third-order valence-corrected chi connectivity index (χ3v) is 2.23. The largest absolute Gasteiger partial charge is 0.480 e. The van der Waals surface area contributed by atoms with Crippen molar-refractivity contribution in [1.82, 2.24) is 15.2 Å². The van der Waals surface area contributed by atoms with Crippen LogP contribution in [0, 0.1) is 0 Å². The molecule has 1 aliphatic rings. The first kappa shape index (κ1) is 13.7. The smallest absolute Gasteiger partial charge is 0.412 e. The van der Waals surface area contributed by atoms with Crippen molar-refractivity contribution in [3.63, 3.8) is 0 Å². The Hall–Kier alpha value is -1.41. The zero-order valence-corrected chi connectivity index (χ0v) is 10.6. The quantitative estimate of drug-likeness (QED) is 0.649. The second-order valence-corrected chi connectivity index (χ2v) is 5.16. The zero-order valence-electron chi connectivity index (χ0n) is 9.81. The number of aliphatic carboxylic acids is 1. The fraction of sp³-hybridized carbons (Fsp3) is 0.556. The van der Waals surface area contributed by atoms with Gasteiger partial charge in [-0.15, -0.1) is 0 Å². The summed E-state index contributed by atoms with van der Waals surface area (Å²) in [4.78, 5) is 24.5. The molecule has 1 aliphatic heterocycles. The van der Waals surface area contributed by atoms with E-state index in [-0.39, 0.29) is 6.54 Å². The van der Waals surface area contributed by atoms with E-state index in [9.17, 15) is 9.59 Å². The Bertz CT molecular complexity index is 351. The maximum Gasteiger partial charge on any atom is 0.412 e. The molecular formula is C9H15N3O4S. The summed E-state index contributed by atoms with van der Waals surface area (Å²) in [6.45, 7) is 5.10. The number of hydrazine groups is 1. The van der Waals surface area contributed by atoms with Crippen molar-refractivity contribution >= 4 is 24.0 Å². The van der Waals surface area contributed by atoms with E-state index in [2.05, 4.69) is 10.1 Å². The standard InChI is InChI=1S/C9H15N3O4S/c1-9(2,3)16-8(15)10-6-4-12(11-17-6)5-7(13)14/h4,11H,5H2,1-3H3,(H,10,15)(H,13,14). The summed E-state index contributed by atoms with van der Waals surface area (Å²) >= 11 is 1.11. The molecule has 1 rings (SSSR count). The van der Waals surface area contributed by atoms with E-state index in [4.69, 9.17) is 9.84 Å². The van der Waals surface area contributed by atoms with Gasteiger partial charge in [-0.1, -0.05) is 0 Å². The molecule has 0 unspecified atom stereocenters. The molecule has 0 spiro atoms. The molecule has 0 saturated heterocycles. The summed E-state index contributed by atoms with van der Waals surface area (Å²) in [6.07, 6.45) is 0.915. The van der Waals surface area contributed by atoms with Crippen molar-refractivity contribution in [3.8, 4) is 0 Å². The number of carbonyl (C=O) groups excluding carboxylic acids is 1. The zero-order chi connectivity index (χ0) is 13.1. The molecule has 17 heavy (non-hydrogen) atoms. The Morgan fingerprint density at radius 1 is 1.59 bits per heavy atom. The van der Waals surface area contributed by atoms with Crippen molar-refractivity contribution in [2.45, 2.75) is 26.4 Å². The summed E-state index contributed by atoms with van der Waals surface area (Å²) in [6, 6.07) is 0. The Balaban J connectivity index is 2.43. The number of hydrogen-bond acceptors (Lipinski definition) is 6. The number of carbonyl (C=O) groups is 2. The molecule has 0 bridgehead atoms. The molecule has 3 N–H and O–H groups in total. The van der Waals surface area contributed by atoms with Gasteiger partial charge in [-0.25, -0.2) is 4.79 Å². The van der Waals surface area contributed by atoms with Gasteiger partial charge in [0.25, 0.3) is 0 Å². The summed E-state index contributed by atoms with van der Waals surface area (Å²) in [5, 5.41) is 12.9. The Morgan fingerprint density at radius 2 is 2.24 bits per heavy atom. The van der Waals surface area contributed by atoms with Crippen LogP contribution in [0.5, 0.6) is 0 Å². The van der Waals surface area contributed by atoms with Crippen LogP contribution in [0.4, 0.5) is 4.79 Å². The minimum atomic E-state index is -0.965. The molecular weight excluding hydrogens is 246 g/mol. The van der Waals surface area contributed by atoms with Gasteiger partial charge >= 0.3 is 12.1 Å². The lowest BCUT2D eigenvalue weighted by molar-refractivity contribution is -0.137. The minimum absolute atomic E-state index is 0.188. The maximum atomic E-state index is 11.4. The van der Waals surface area contributed by atoms with Crippen LogP contribution in [0.3, 0.4) is 0 Å². The van der Waals surface area contributed by atoms with Crippen LogP contribution in [0.25, 0.3) is 0 Å². The molecule has 0 fully saturated rings. The first-order valence-corrected chi connectivity index (χ1v) is 5.71. The number of rotatable bonds is 3. The Kier molecular flexibility index (Phi) is 4.24. The number of carboxylic acid groups (broad SMARTS) is 1. The normalized spacial score (nSPS) is 15.5. The number of amides is 1. The summed E-state index contributed by atoms with van der Waals surface area (Å²) in [5.74, 6) is -0.965. The summed E-state index contributed by atoms with van der Waals surface area (Å²) in [7, 11) is 0. The lowest BCUT2D eigenvalue weighted by Crippen LogP contribution is -2.31. The van der Waals surface area contributed by atoms with Gasteiger partial charge < -0.3 is 9.84 Å². The van der Waals surface area contributed by atoms with Crippen LogP contribution in [0.1, 0.15) is 20.8 Å². The number of hydrogen-bond donors (Lipinski definition) is 3. The molecule has 0 aromatic carbocycles. The molecule has 7 nitrogen and oxygen atoms in total. The van der Waals surface area contributed by atoms with Gasteiger partial charge in [0.15, 0.2) is 0 Å². The number of ether oxygens (including phenoxy) is 1. The second kappa shape index (κ2) is 5.28. The van der Waals surface area contributed by atoms with E-state index in [0.29, 0.717) is 5.03 Å². The first-order chi connectivity index (χ1) is 7.76. The minimum Gasteiger partial charge on any atom is -0.480 e. The molecule has 0 aliphatic carbocycles.